The van der Waals surface area contributed by atoms with Crippen LogP contribution in [0.5, 0.6) is 0 Å². The van der Waals surface area contributed by atoms with Gasteiger partial charge in [-0.05, 0) is 11.6 Å². The topological polar surface area (TPSA) is 43.4 Å². The van der Waals surface area contributed by atoms with Crippen LogP contribution in [0.2, 0.25) is 0 Å². The van der Waals surface area contributed by atoms with E-state index < -0.39 is 11.9 Å². The van der Waals surface area contributed by atoms with E-state index in [1.807, 2.05) is 0 Å². The maximum atomic E-state index is 11.6. The van der Waals surface area contributed by atoms with Crippen LogP contribution in [-0.4, -0.2) is 11.9 Å². The highest BCUT2D eigenvalue weighted by Gasteiger charge is 2.17. The van der Waals surface area contributed by atoms with E-state index in [9.17, 15) is 9.59 Å². The van der Waals surface area contributed by atoms with E-state index in [1.54, 1.807) is 38.1 Å². The standard InChI is InChI=1S/C12H13ClO3/c1-8(2)11(14)16-12(15)10-6-4-3-5-9(10)7-13/h3-6,8H,7H2,1-2H3. The number of hydrogen-bond donors (Lipinski definition) is 0. The average Bonchev–Trinajstić information content (AvgIpc) is 2.28. The van der Waals surface area contributed by atoms with Crippen molar-refractivity contribution in [3.05, 3.63) is 35.4 Å². The van der Waals surface area contributed by atoms with E-state index in [0.29, 0.717) is 11.1 Å². The fourth-order valence-electron chi connectivity index (χ4n) is 1.10. The highest BCUT2D eigenvalue weighted by atomic mass is 35.5. The number of carbonyl (C=O) groups is 2. The van der Waals surface area contributed by atoms with Gasteiger partial charge in [0.2, 0.25) is 0 Å². The molecule has 0 atom stereocenters. The van der Waals surface area contributed by atoms with E-state index in [-0.39, 0.29) is 11.8 Å². The Morgan fingerprint density at radius 2 is 1.94 bits per heavy atom. The monoisotopic (exact) mass is 240 g/mol. The molecule has 0 aromatic heterocycles. The average molecular weight is 241 g/mol. The molecule has 86 valence electrons. The van der Waals surface area contributed by atoms with Crippen molar-refractivity contribution in [3.8, 4) is 0 Å². The fourth-order valence-corrected chi connectivity index (χ4v) is 1.33. The van der Waals surface area contributed by atoms with E-state index in [2.05, 4.69) is 0 Å². The first kappa shape index (κ1) is 12.7. The second kappa shape index (κ2) is 5.66. The SMILES string of the molecule is CC(C)C(=O)OC(=O)c1ccccc1CCl. The van der Waals surface area contributed by atoms with E-state index >= 15 is 0 Å². The molecule has 0 radical (unpaired) electrons. The predicted octanol–water partition coefficient (Wildman–Crippen LogP) is 2.76. The van der Waals surface area contributed by atoms with Crippen molar-refractivity contribution >= 4 is 23.5 Å². The molecule has 0 bridgehead atoms. The van der Waals surface area contributed by atoms with Gasteiger partial charge >= 0.3 is 11.9 Å². The Balaban J connectivity index is 2.84. The van der Waals surface area contributed by atoms with Crippen LogP contribution in [-0.2, 0) is 15.4 Å². The molecule has 0 aliphatic carbocycles. The van der Waals surface area contributed by atoms with Crippen LogP contribution in [0.4, 0.5) is 0 Å². The van der Waals surface area contributed by atoms with Crippen molar-refractivity contribution in [1.29, 1.82) is 0 Å². The fraction of sp³-hybridized carbons (Fsp3) is 0.333. The third-order valence-electron chi connectivity index (χ3n) is 2.05. The molecule has 0 amide bonds. The van der Waals surface area contributed by atoms with Crippen LogP contribution in [0.25, 0.3) is 0 Å². The van der Waals surface area contributed by atoms with Gasteiger partial charge in [0.05, 0.1) is 11.5 Å². The zero-order valence-corrected chi connectivity index (χ0v) is 9.95. The molecule has 0 N–H and O–H groups in total. The second-order valence-corrected chi connectivity index (χ2v) is 3.92. The van der Waals surface area contributed by atoms with Crippen LogP contribution < -0.4 is 0 Å². The summed E-state index contributed by atoms with van der Waals surface area (Å²) in [7, 11) is 0. The summed E-state index contributed by atoms with van der Waals surface area (Å²) in [6.45, 7) is 3.34. The Morgan fingerprint density at radius 1 is 1.31 bits per heavy atom. The number of rotatable bonds is 3. The Bertz CT molecular complexity index is 399. The van der Waals surface area contributed by atoms with Crippen molar-refractivity contribution < 1.29 is 14.3 Å². The van der Waals surface area contributed by atoms with Gasteiger partial charge in [0, 0.05) is 5.88 Å². The van der Waals surface area contributed by atoms with Crippen molar-refractivity contribution in [2.24, 2.45) is 5.92 Å². The first-order valence-electron chi connectivity index (χ1n) is 4.96. The van der Waals surface area contributed by atoms with Crippen LogP contribution in [0.3, 0.4) is 0 Å². The molecule has 1 aromatic rings. The zero-order valence-electron chi connectivity index (χ0n) is 9.20. The number of carbonyl (C=O) groups excluding carboxylic acids is 2. The third-order valence-corrected chi connectivity index (χ3v) is 2.33. The molecule has 4 heteroatoms. The minimum absolute atomic E-state index is 0.209. The van der Waals surface area contributed by atoms with Crippen molar-refractivity contribution in [3.63, 3.8) is 0 Å². The minimum Gasteiger partial charge on any atom is -0.389 e. The van der Waals surface area contributed by atoms with Crippen LogP contribution in [0.1, 0.15) is 29.8 Å². The summed E-state index contributed by atoms with van der Waals surface area (Å²) in [5.41, 5.74) is 0.997. The van der Waals surface area contributed by atoms with Crippen LogP contribution >= 0.6 is 11.6 Å². The number of benzene rings is 1. The molecular weight excluding hydrogens is 228 g/mol. The Labute approximate surface area is 99.4 Å². The van der Waals surface area contributed by atoms with Gasteiger partial charge in [0.25, 0.3) is 0 Å². The summed E-state index contributed by atoms with van der Waals surface area (Å²) < 4.78 is 4.70. The predicted molar refractivity (Wildman–Crippen MR) is 61.3 cm³/mol. The molecule has 0 saturated heterocycles. The molecule has 0 unspecified atom stereocenters. The lowest BCUT2D eigenvalue weighted by molar-refractivity contribution is -0.141. The summed E-state index contributed by atoms with van der Waals surface area (Å²) >= 11 is 5.68. The zero-order chi connectivity index (χ0) is 12.1. The van der Waals surface area contributed by atoms with Gasteiger partial charge in [0.15, 0.2) is 0 Å². The summed E-state index contributed by atoms with van der Waals surface area (Å²) in [6.07, 6.45) is 0. The summed E-state index contributed by atoms with van der Waals surface area (Å²) in [4.78, 5) is 22.9. The smallest absolute Gasteiger partial charge is 0.346 e. The van der Waals surface area contributed by atoms with Crippen LogP contribution in [0.15, 0.2) is 24.3 Å². The molecule has 0 heterocycles. The van der Waals surface area contributed by atoms with Crippen molar-refractivity contribution in [1.82, 2.24) is 0 Å². The van der Waals surface area contributed by atoms with Gasteiger partial charge in [-0.15, -0.1) is 11.6 Å². The lowest BCUT2D eigenvalue weighted by Gasteiger charge is -2.07. The lowest BCUT2D eigenvalue weighted by atomic mass is 10.1. The minimum atomic E-state index is -0.644. The van der Waals surface area contributed by atoms with Crippen molar-refractivity contribution in [2.75, 3.05) is 0 Å². The van der Waals surface area contributed by atoms with E-state index in [1.165, 1.54) is 0 Å². The highest BCUT2D eigenvalue weighted by molar-refractivity contribution is 6.17. The molecule has 0 aliphatic heterocycles. The Kier molecular flexibility index (Phi) is 4.50. The second-order valence-electron chi connectivity index (χ2n) is 3.65. The number of alkyl halides is 1. The first-order chi connectivity index (χ1) is 7.56. The Hall–Kier alpha value is -1.35. The van der Waals surface area contributed by atoms with Gasteiger partial charge in [-0.2, -0.15) is 0 Å². The summed E-state index contributed by atoms with van der Waals surface area (Å²) in [5, 5.41) is 0. The number of hydrogen-bond acceptors (Lipinski definition) is 3. The number of halogens is 1. The summed E-state index contributed by atoms with van der Waals surface area (Å²) in [6, 6.07) is 6.79. The van der Waals surface area contributed by atoms with E-state index in [0.717, 1.165) is 0 Å². The van der Waals surface area contributed by atoms with Gasteiger partial charge in [-0.25, -0.2) is 4.79 Å². The molecule has 0 aliphatic rings. The van der Waals surface area contributed by atoms with Gasteiger partial charge < -0.3 is 4.74 Å². The molecule has 3 nitrogen and oxygen atoms in total. The van der Waals surface area contributed by atoms with Crippen molar-refractivity contribution in [2.45, 2.75) is 19.7 Å². The van der Waals surface area contributed by atoms with Crippen LogP contribution in [0, 0.1) is 5.92 Å². The largest absolute Gasteiger partial charge is 0.389 e. The molecule has 0 fully saturated rings. The quantitative estimate of drug-likeness (QED) is 0.464. The van der Waals surface area contributed by atoms with Gasteiger partial charge in [-0.3, -0.25) is 4.79 Å². The molecule has 0 saturated carbocycles. The highest BCUT2D eigenvalue weighted by Crippen LogP contribution is 2.13. The normalized spacial score (nSPS) is 10.2. The molecular formula is C12H13ClO3. The Morgan fingerprint density at radius 3 is 2.50 bits per heavy atom. The maximum absolute atomic E-state index is 11.6. The van der Waals surface area contributed by atoms with Gasteiger partial charge in [-0.1, -0.05) is 32.0 Å². The number of ether oxygens (including phenoxy) is 1. The molecule has 0 spiro atoms. The molecule has 16 heavy (non-hydrogen) atoms. The van der Waals surface area contributed by atoms with Gasteiger partial charge in [0.1, 0.15) is 0 Å². The maximum Gasteiger partial charge on any atom is 0.346 e. The lowest BCUT2D eigenvalue weighted by Crippen LogP contribution is -2.18. The molecule has 1 rings (SSSR count). The number of esters is 2. The summed E-state index contributed by atoms with van der Waals surface area (Å²) in [5.74, 6) is -1.29. The third kappa shape index (κ3) is 3.07. The van der Waals surface area contributed by atoms with E-state index in [4.69, 9.17) is 16.3 Å². The first-order valence-corrected chi connectivity index (χ1v) is 5.49. The molecule has 1 aromatic carbocycles.